The number of nitrogens with zero attached hydrogens (tertiary/aromatic N) is 4. The summed E-state index contributed by atoms with van der Waals surface area (Å²) in [6, 6.07) is 10.6. The highest BCUT2D eigenvalue weighted by atomic mass is 32.2. The van der Waals surface area contributed by atoms with Crippen molar-refractivity contribution in [2.45, 2.75) is 72.7 Å². The van der Waals surface area contributed by atoms with Gasteiger partial charge in [0.25, 0.3) is 5.91 Å². The molecule has 292 valence electrons. The first kappa shape index (κ1) is 38.5. The van der Waals surface area contributed by atoms with Gasteiger partial charge in [-0.15, -0.1) is 0 Å². The van der Waals surface area contributed by atoms with E-state index in [0.29, 0.717) is 13.1 Å². The molecule has 10 nitrogen and oxygen atoms in total. The lowest BCUT2D eigenvalue weighted by atomic mass is 9.57. The van der Waals surface area contributed by atoms with Crippen molar-refractivity contribution in [2.24, 2.45) is 11.8 Å². The standard InChI is InChI=1S/C40H50F3N5O5S/c1-3-7-37(49)47-22-32(23-47)54(51,52)31-12-13-36(34(42)21-31)48-25-39(43,26-48)24-46-18-14-28(15-19-46)40(27-45-16-6-17-45,29-8-4-9-30(41)20-29)33-10-5-11-35(33)44-38(50)53-2/h4,8-9,12-13,20-21,28,32-33,35H,5-6,10-11,14-19,22-27H2,1-2H3,(H,44,50)/t33-,35-,40?/m0/s1. The zero-order valence-corrected chi connectivity index (χ0v) is 31.9. The summed E-state index contributed by atoms with van der Waals surface area (Å²) in [5, 5.41) is 2.28. The molecule has 4 aliphatic heterocycles. The third-order valence-corrected chi connectivity index (χ3v) is 14.7. The van der Waals surface area contributed by atoms with E-state index >= 15 is 8.78 Å². The van der Waals surface area contributed by atoms with Crippen LogP contribution in [0.25, 0.3) is 0 Å². The summed E-state index contributed by atoms with van der Waals surface area (Å²) in [5.74, 6) is 3.70. The van der Waals surface area contributed by atoms with Crippen molar-refractivity contribution < 1.29 is 35.9 Å². The highest BCUT2D eigenvalue weighted by molar-refractivity contribution is 7.92. The van der Waals surface area contributed by atoms with Crippen LogP contribution >= 0.6 is 0 Å². The molecule has 0 aromatic heterocycles. The first-order valence-electron chi connectivity index (χ1n) is 19.1. The van der Waals surface area contributed by atoms with Crippen LogP contribution in [0, 0.1) is 35.3 Å². The maximum absolute atomic E-state index is 16.2. The van der Waals surface area contributed by atoms with E-state index in [4.69, 9.17) is 4.74 Å². The summed E-state index contributed by atoms with van der Waals surface area (Å²) in [5.41, 5.74) is -0.873. The minimum Gasteiger partial charge on any atom is -0.453 e. The van der Waals surface area contributed by atoms with Gasteiger partial charge in [0.2, 0.25) is 0 Å². The number of benzene rings is 2. The predicted molar refractivity (Wildman–Crippen MR) is 198 cm³/mol. The molecule has 4 heterocycles. The fourth-order valence-corrected chi connectivity index (χ4v) is 11.4. The number of sulfone groups is 1. The van der Waals surface area contributed by atoms with E-state index in [9.17, 15) is 22.4 Å². The van der Waals surface area contributed by atoms with Crippen LogP contribution in [0.1, 0.15) is 51.0 Å². The lowest BCUT2D eigenvalue weighted by molar-refractivity contribution is -0.128. The van der Waals surface area contributed by atoms with Gasteiger partial charge in [0.15, 0.2) is 15.5 Å². The molecule has 5 fully saturated rings. The van der Waals surface area contributed by atoms with Gasteiger partial charge in [-0.05, 0) is 119 Å². The van der Waals surface area contributed by atoms with Gasteiger partial charge in [-0.3, -0.25) is 9.69 Å². The van der Waals surface area contributed by atoms with Crippen molar-refractivity contribution in [1.29, 1.82) is 0 Å². The third-order valence-electron chi connectivity index (χ3n) is 12.6. The summed E-state index contributed by atoms with van der Waals surface area (Å²) in [4.78, 5) is 31.7. The molecule has 1 saturated carbocycles. The Kier molecular flexibility index (Phi) is 11.0. The zero-order chi connectivity index (χ0) is 38.3. The second-order valence-corrected chi connectivity index (χ2v) is 18.1. The fourth-order valence-electron chi connectivity index (χ4n) is 9.75. The molecule has 2 amide bonds. The second-order valence-electron chi connectivity index (χ2n) is 15.9. The number of hydrogen-bond donors (Lipinski definition) is 1. The number of nitrogens with one attached hydrogen (secondary N) is 1. The monoisotopic (exact) mass is 769 g/mol. The third kappa shape index (κ3) is 7.43. The van der Waals surface area contributed by atoms with Gasteiger partial charge in [0, 0.05) is 37.6 Å². The van der Waals surface area contributed by atoms with Crippen molar-refractivity contribution in [3.63, 3.8) is 0 Å². The van der Waals surface area contributed by atoms with Crippen molar-refractivity contribution in [2.75, 3.05) is 77.5 Å². The Morgan fingerprint density at radius 2 is 1.72 bits per heavy atom. The number of anilines is 1. The highest BCUT2D eigenvalue weighted by Crippen LogP contribution is 2.52. The normalized spacial score (nSPS) is 24.7. The smallest absolute Gasteiger partial charge is 0.407 e. The Hall–Kier alpha value is -3.80. The number of ether oxygens (including phenoxy) is 1. The number of alkyl carbamates (subject to hydrolysis) is 1. The number of amides is 2. The van der Waals surface area contributed by atoms with Crippen LogP contribution in [0.4, 0.5) is 23.7 Å². The molecule has 5 aliphatic rings. The van der Waals surface area contributed by atoms with Gasteiger partial charge in [-0.2, -0.15) is 0 Å². The van der Waals surface area contributed by atoms with E-state index in [0.717, 1.165) is 69.8 Å². The Bertz CT molecular complexity index is 1900. The number of halogens is 3. The molecule has 0 bridgehead atoms. The minimum atomic E-state index is -3.86. The van der Waals surface area contributed by atoms with Crippen LogP contribution in [0.3, 0.4) is 0 Å². The summed E-state index contributed by atoms with van der Waals surface area (Å²) in [7, 11) is -2.49. The number of rotatable bonds is 11. The van der Waals surface area contributed by atoms with E-state index in [1.54, 1.807) is 17.0 Å². The van der Waals surface area contributed by atoms with Gasteiger partial charge >= 0.3 is 6.09 Å². The molecule has 3 atom stereocenters. The van der Waals surface area contributed by atoms with Crippen molar-refractivity contribution in [1.82, 2.24) is 20.0 Å². The molecule has 54 heavy (non-hydrogen) atoms. The van der Waals surface area contributed by atoms with Crippen LogP contribution in [0.5, 0.6) is 0 Å². The maximum Gasteiger partial charge on any atom is 0.407 e. The number of piperidine rings is 1. The van der Waals surface area contributed by atoms with E-state index in [2.05, 4.69) is 27.0 Å². The Labute approximate surface area is 316 Å². The summed E-state index contributed by atoms with van der Waals surface area (Å²) < 4.78 is 77.8. The summed E-state index contributed by atoms with van der Waals surface area (Å²) in [6.45, 7) is 5.75. The lowest BCUT2D eigenvalue weighted by Crippen LogP contribution is -2.65. The van der Waals surface area contributed by atoms with Gasteiger partial charge in [0.05, 0.1) is 30.8 Å². The maximum atomic E-state index is 16.2. The SMILES string of the molecule is CC#CC(=O)N1CC(S(=O)(=O)c2ccc(N3CC(F)(CN4CCC(C(CN5CCC5)(c5cccc(F)c5)[C@H]5CCC[C@@H]5NC(=O)OC)CC4)C3)c(F)c2)C1. The number of hydrogen-bond acceptors (Lipinski definition) is 8. The first-order chi connectivity index (χ1) is 25.8. The Morgan fingerprint density at radius 3 is 2.35 bits per heavy atom. The molecule has 2 aromatic rings. The average molecular weight is 770 g/mol. The molecule has 1 unspecified atom stereocenters. The highest BCUT2D eigenvalue weighted by Gasteiger charge is 2.54. The van der Waals surface area contributed by atoms with Gasteiger partial charge in [-0.25, -0.2) is 26.4 Å². The molecular formula is C40H50F3N5O5S. The fraction of sp³-hybridized carbons (Fsp3) is 0.600. The molecule has 4 saturated heterocycles. The number of carbonyl (C=O) groups excluding carboxylic acids is 2. The first-order valence-corrected chi connectivity index (χ1v) is 20.6. The van der Waals surface area contributed by atoms with Crippen LogP contribution in [0.15, 0.2) is 47.4 Å². The van der Waals surface area contributed by atoms with Crippen LogP contribution in [-0.4, -0.2) is 125 Å². The Morgan fingerprint density at radius 1 is 0.981 bits per heavy atom. The van der Waals surface area contributed by atoms with E-state index in [1.807, 2.05) is 6.07 Å². The zero-order valence-electron chi connectivity index (χ0n) is 31.0. The number of likely N-dealkylation sites (tertiary alicyclic amines) is 3. The van der Waals surface area contributed by atoms with E-state index in [1.165, 1.54) is 37.1 Å². The van der Waals surface area contributed by atoms with Crippen LogP contribution in [0.2, 0.25) is 0 Å². The van der Waals surface area contributed by atoms with E-state index < -0.39 is 44.0 Å². The topological polar surface area (TPSA) is 103 Å². The average Bonchev–Trinajstić information content (AvgIpc) is 3.55. The molecule has 0 spiro atoms. The summed E-state index contributed by atoms with van der Waals surface area (Å²) in [6.07, 6.45) is 4.91. The number of carbonyl (C=O) groups is 2. The van der Waals surface area contributed by atoms with Crippen LogP contribution < -0.4 is 10.2 Å². The van der Waals surface area contributed by atoms with Crippen molar-refractivity contribution >= 4 is 27.5 Å². The predicted octanol–water partition coefficient (Wildman–Crippen LogP) is 4.38. The number of alkyl halides is 1. The molecule has 0 radical (unpaired) electrons. The molecule has 14 heteroatoms. The molecule has 7 rings (SSSR count). The van der Waals surface area contributed by atoms with Gasteiger partial charge < -0.3 is 24.8 Å². The Balaban J connectivity index is 1.01. The largest absolute Gasteiger partial charge is 0.453 e. The lowest BCUT2D eigenvalue weighted by Gasteiger charge is -2.54. The molecule has 2 aromatic carbocycles. The molecule has 1 N–H and O–H groups in total. The quantitative estimate of drug-likeness (QED) is 0.337. The number of methoxy groups -OCH3 is 1. The van der Waals surface area contributed by atoms with Crippen molar-refractivity contribution in [3.8, 4) is 11.8 Å². The molecular weight excluding hydrogens is 720 g/mol. The van der Waals surface area contributed by atoms with E-state index in [-0.39, 0.29) is 67.0 Å². The van der Waals surface area contributed by atoms with Crippen molar-refractivity contribution in [3.05, 3.63) is 59.7 Å². The van der Waals surface area contributed by atoms with Gasteiger partial charge in [0.1, 0.15) is 16.9 Å². The molecule has 1 aliphatic carbocycles. The van der Waals surface area contributed by atoms with Gasteiger partial charge in [-0.1, -0.05) is 24.5 Å². The van der Waals surface area contributed by atoms with Crippen LogP contribution in [-0.2, 0) is 24.8 Å². The minimum absolute atomic E-state index is 0.00486. The summed E-state index contributed by atoms with van der Waals surface area (Å²) >= 11 is 0. The second kappa shape index (κ2) is 15.4.